The predicted octanol–water partition coefficient (Wildman–Crippen LogP) is 0.505. The molecule has 6 heteroatoms. The van der Waals surface area contributed by atoms with E-state index in [9.17, 15) is 8.42 Å². The van der Waals surface area contributed by atoms with Crippen molar-refractivity contribution in [2.24, 2.45) is 7.05 Å². The molecule has 1 N–H and O–H groups in total. The van der Waals surface area contributed by atoms with E-state index < -0.39 is 9.84 Å². The van der Waals surface area contributed by atoms with E-state index in [4.69, 9.17) is 0 Å². The third-order valence-corrected chi connectivity index (χ3v) is 3.48. The van der Waals surface area contributed by atoms with Gasteiger partial charge in [-0.15, -0.1) is 0 Å². The number of hydrogen-bond acceptors (Lipinski definition) is 4. The van der Waals surface area contributed by atoms with Gasteiger partial charge in [-0.3, -0.25) is 4.68 Å². The van der Waals surface area contributed by atoms with Gasteiger partial charge in [0.2, 0.25) is 0 Å². The van der Waals surface area contributed by atoms with Crippen LogP contribution in [0.25, 0.3) is 0 Å². The molecule has 1 rings (SSSR count). The molecule has 0 bridgehead atoms. The van der Waals surface area contributed by atoms with Gasteiger partial charge in [-0.1, -0.05) is 0 Å². The second kappa shape index (κ2) is 5.45. The van der Waals surface area contributed by atoms with Crippen LogP contribution in [-0.2, 0) is 16.9 Å². The molecule has 1 aromatic heterocycles. The molecule has 0 amide bonds. The lowest BCUT2D eigenvalue weighted by Gasteiger charge is -2.12. The summed E-state index contributed by atoms with van der Waals surface area (Å²) >= 11 is 0. The van der Waals surface area contributed by atoms with Gasteiger partial charge in [0.15, 0.2) is 0 Å². The molecule has 1 heterocycles. The minimum Gasteiger partial charge on any atom is -0.312 e. The van der Waals surface area contributed by atoms with Crippen LogP contribution in [0, 0.1) is 0 Å². The van der Waals surface area contributed by atoms with Crippen LogP contribution in [-0.4, -0.2) is 37.3 Å². The predicted molar refractivity (Wildman–Crippen MR) is 64.0 cm³/mol. The van der Waals surface area contributed by atoms with Crippen molar-refractivity contribution in [1.82, 2.24) is 15.1 Å². The molecule has 0 saturated carbocycles. The minimum atomic E-state index is -2.86. The van der Waals surface area contributed by atoms with Gasteiger partial charge in [0, 0.05) is 25.3 Å². The second-order valence-corrected chi connectivity index (χ2v) is 6.29. The van der Waals surface area contributed by atoms with Gasteiger partial charge in [-0.2, -0.15) is 5.10 Å². The molecule has 1 aromatic rings. The van der Waals surface area contributed by atoms with Gasteiger partial charge in [-0.25, -0.2) is 8.42 Å². The fourth-order valence-corrected chi connectivity index (χ4v) is 2.30. The molecule has 16 heavy (non-hydrogen) atoms. The highest BCUT2D eigenvalue weighted by Gasteiger charge is 2.12. The second-order valence-electron chi connectivity index (χ2n) is 4.03. The monoisotopic (exact) mass is 245 g/mol. The molecule has 0 radical (unpaired) electrons. The van der Waals surface area contributed by atoms with E-state index in [1.165, 1.54) is 6.26 Å². The largest absolute Gasteiger partial charge is 0.312 e. The summed E-state index contributed by atoms with van der Waals surface area (Å²) in [4.78, 5) is 0. The van der Waals surface area contributed by atoms with Gasteiger partial charge in [0.25, 0.3) is 0 Å². The molecule has 0 saturated heterocycles. The molecule has 0 aliphatic heterocycles. The van der Waals surface area contributed by atoms with Gasteiger partial charge in [0.1, 0.15) is 9.84 Å². The molecule has 0 aliphatic carbocycles. The third kappa shape index (κ3) is 4.32. The summed E-state index contributed by atoms with van der Waals surface area (Å²) in [6.45, 7) is 0. The van der Waals surface area contributed by atoms with Crippen molar-refractivity contribution in [2.75, 3.05) is 19.1 Å². The zero-order valence-corrected chi connectivity index (χ0v) is 10.8. The molecular formula is C10H19N3O2S. The summed E-state index contributed by atoms with van der Waals surface area (Å²) in [5.41, 5.74) is 0.957. The zero-order chi connectivity index (χ0) is 12.2. The van der Waals surface area contributed by atoms with Crippen molar-refractivity contribution in [1.29, 1.82) is 0 Å². The summed E-state index contributed by atoms with van der Waals surface area (Å²) in [5, 5.41) is 7.45. The number of nitrogens with zero attached hydrogens (tertiary/aromatic N) is 2. The molecule has 0 aliphatic rings. The van der Waals surface area contributed by atoms with Crippen LogP contribution in [0.4, 0.5) is 0 Å². The van der Waals surface area contributed by atoms with Crippen molar-refractivity contribution < 1.29 is 8.42 Å². The van der Waals surface area contributed by atoms with Crippen LogP contribution in [0.15, 0.2) is 12.3 Å². The average molecular weight is 245 g/mol. The molecule has 1 atom stereocenters. The fourth-order valence-electron chi connectivity index (χ4n) is 1.61. The lowest BCUT2D eigenvalue weighted by atomic mass is 10.1. The Morgan fingerprint density at radius 1 is 1.56 bits per heavy atom. The minimum absolute atomic E-state index is 0.128. The van der Waals surface area contributed by atoms with E-state index in [1.54, 1.807) is 4.68 Å². The quantitative estimate of drug-likeness (QED) is 0.793. The highest BCUT2D eigenvalue weighted by molar-refractivity contribution is 7.90. The fraction of sp³-hybridized carbons (Fsp3) is 0.700. The molecule has 0 spiro atoms. The number of nitrogens with one attached hydrogen (secondary N) is 1. The van der Waals surface area contributed by atoms with E-state index in [1.807, 2.05) is 26.4 Å². The molecule has 0 aromatic carbocycles. The van der Waals surface area contributed by atoms with Gasteiger partial charge in [0.05, 0.1) is 11.7 Å². The van der Waals surface area contributed by atoms with Gasteiger partial charge < -0.3 is 5.32 Å². The Labute approximate surface area is 96.8 Å². The van der Waals surface area contributed by atoms with Crippen LogP contribution >= 0.6 is 0 Å². The molecular weight excluding hydrogens is 226 g/mol. The molecule has 92 valence electrons. The Bertz CT molecular complexity index is 425. The smallest absolute Gasteiger partial charge is 0.147 e. The topological polar surface area (TPSA) is 64.0 Å². The third-order valence-electron chi connectivity index (χ3n) is 2.45. The number of sulfone groups is 1. The first-order chi connectivity index (χ1) is 7.42. The summed E-state index contributed by atoms with van der Waals surface area (Å²) in [5.74, 6) is 0.234. The number of rotatable bonds is 6. The van der Waals surface area contributed by atoms with E-state index in [-0.39, 0.29) is 11.8 Å². The Morgan fingerprint density at radius 3 is 2.69 bits per heavy atom. The summed E-state index contributed by atoms with van der Waals surface area (Å²) in [7, 11) is 0.870. The van der Waals surface area contributed by atoms with Crippen molar-refractivity contribution in [3.05, 3.63) is 18.0 Å². The highest BCUT2D eigenvalue weighted by atomic mass is 32.2. The zero-order valence-electron chi connectivity index (χ0n) is 9.97. The first-order valence-electron chi connectivity index (χ1n) is 5.27. The lowest BCUT2D eigenvalue weighted by Crippen LogP contribution is -2.18. The Hall–Kier alpha value is -0.880. The van der Waals surface area contributed by atoms with Crippen LogP contribution in [0.3, 0.4) is 0 Å². The van der Waals surface area contributed by atoms with Crippen LogP contribution in [0.2, 0.25) is 0 Å². The van der Waals surface area contributed by atoms with Crippen molar-refractivity contribution >= 4 is 9.84 Å². The molecule has 0 fully saturated rings. The van der Waals surface area contributed by atoms with Gasteiger partial charge in [-0.05, 0) is 26.0 Å². The van der Waals surface area contributed by atoms with Crippen LogP contribution in [0.1, 0.15) is 24.6 Å². The van der Waals surface area contributed by atoms with Crippen LogP contribution < -0.4 is 5.32 Å². The Morgan fingerprint density at radius 2 is 2.25 bits per heavy atom. The highest BCUT2D eigenvalue weighted by Crippen LogP contribution is 2.15. The van der Waals surface area contributed by atoms with E-state index in [0.29, 0.717) is 6.42 Å². The van der Waals surface area contributed by atoms with E-state index >= 15 is 0 Å². The van der Waals surface area contributed by atoms with Crippen molar-refractivity contribution in [3.8, 4) is 0 Å². The number of aryl methyl sites for hydroxylation is 1. The van der Waals surface area contributed by atoms with E-state index in [0.717, 1.165) is 12.1 Å². The number of hydrogen-bond donors (Lipinski definition) is 1. The van der Waals surface area contributed by atoms with Gasteiger partial charge >= 0.3 is 0 Å². The van der Waals surface area contributed by atoms with Crippen molar-refractivity contribution in [3.63, 3.8) is 0 Å². The molecule has 5 nitrogen and oxygen atoms in total. The van der Waals surface area contributed by atoms with Crippen molar-refractivity contribution in [2.45, 2.75) is 18.9 Å². The first kappa shape index (κ1) is 13.2. The van der Waals surface area contributed by atoms with E-state index in [2.05, 4.69) is 10.4 Å². The molecule has 1 unspecified atom stereocenters. The summed E-state index contributed by atoms with van der Waals surface area (Å²) in [6, 6.07) is 2.07. The average Bonchev–Trinajstić information content (AvgIpc) is 2.58. The Kier molecular flexibility index (Phi) is 4.49. The first-order valence-corrected chi connectivity index (χ1v) is 7.33. The number of aromatic nitrogens is 2. The normalized spacial score (nSPS) is 13.9. The maximum absolute atomic E-state index is 11.0. The standard InChI is InChI=1S/C10H19N3O2S/c1-11-9(5-4-8-16(3,14)15)10-6-7-13(2)12-10/h6-7,9,11H,4-5,8H2,1-3H3. The maximum atomic E-state index is 11.0. The summed E-state index contributed by atoms with van der Waals surface area (Å²) in [6.07, 6.45) is 4.58. The maximum Gasteiger partial charge on any atom is 0.147 e. The lowest BCUT2D eigenvalue weighted by molar-refractivity contribution is 0.517. The van der Waals surface area contributed by atoms with Crippen LogP contribution in [0.5, 0.6) is 0 Å². The SMILES string of the molecule is CNC(CCCS(C)(=O)=O)c1ccn(C)n1. The summed E-state index contributed by atoms with van der Waals surface area (Å²) < 4.78 is 23.7. The Balaban J connectivity index is 2.50.